The second-order valence-electron chi connectivity index (χ2n) is 8.53. The third kappa shape index (κ3) is 5.19. The molecule has 5 nitrogen and oxygen atoms in total. The van der Waals surface area contributed by atoms with Gasteiger partial charge in [0.05, 0.1) is 16.9 Å². The molecule has 0 amide bonds. The summed E-state index contributed by atoms with van der Waals surface area (Å²) in [7, 11) is 0. The summed E-state index contributed by atoms with van der Waals surface area (Å²) in [6.45, 7) is 14.8. The molecule has 1 saturated heterocycles. The van der Waals surface area contributed by atoms with E-state index in [-0.39, 0.29) is 24.0 Å². The third-order valence-corrected chi connectivity index (χ3v) is 4.84. The molecular formula is C18H31BrO5. The fourth-order valence-electron chi connectivity index (χ4n) is 2.39. The van der Waals surface area contributed by atoms with E-state index in [0.29, 0.717) is 0 Å². The number of ether oxygens (including phenoxy) is 3. The fourth-order valence-corrected chi connectivity index (χ4v) is 3.08. The van der Waals surface area contributed by atoms with Gasteiger partial charge in [-0.1, -0.05) is 29.8 Å². The lowest BCUT2D eigenvalue weighted by molar-refractivity contribution is -0.215. The van der Waals surface area contributed by atoms with Crippen LogP contribution >= 0.6 is 15.9 Å². The van der Waals surface area contributed by atoms with E-state index in [4.69, 9.17) is 14.2 Å². The summed E-state index contributed by atoms with van der Waals surface area (Å²) in [4.78, 5) is 24.7. The van der Waals surface area contributed by atoms with Crippen LogP contribution in [0.1, 0.15) is 61.8 Å². The number of carbonyl (C=O) groups excluding carboxylic acids is 2. The van der Waals surface area contributed by atoms with Gasteiger partial charge in [-0.2, -0.15) is 0 Å². The van der Waals surface area contributed by atoms with Gasteiger partial charge in [0.2, 0.25) is 0 Å². The van der Waals surface area contributed by atoms with Gasteiger partial charge >= 0.3 is 11.9 Å². The highest BCUT2D eigenvalue weighted by molar-refractivity contribution is 9.09. The van der Waals surface area contributed by atoms with E-state index in [9.17, 15) is 9.59 Å². The topological polar surface area (TPSA) is 61.8 Å². The molecule has 1 aliphatic rings. The van der Waals surface area contributed by atoms with Crippen LogP contribution in [0.25, 0.3) is 0 Å². The van der Waals surface area contributed by atoms with Crippen molar-refractivity contribution in [3.63, 3.8) is 0 Å². The van der Waals surface area contributed by atoms with Crippen LogP contribution in [0.4, 0.5) is 0 Å². The van der Waals surface area contributed by atoms with E-state index < -0.39 is 28.1 Å². The highest BCUT2D eigenvalue weighted by Crippen LogP contribution is 2.36. The van der Waals surface area contributed by atoms with Crippen molar-refractivity contribution in [3.05, 3.63) is 0 Å². The molecule has 0 aliphatic carbocycles. The molecule has 0 unspecified atom stereocenters. The molecule has 0 N–H and O–H groups in total. The largest absolute Gasteiger partial charge is 0.457 e. The first-order valence-corrected chi connectivity index (χ1v) is 9.42. The number of hydrogen-bond donors (Lipinski definition) is 0. The normalized spacial score (nSPS) is 31.5. The SMILES string of the molecule is CC[C@H]1O[C@H](Br)[C@H](OC(=O)C(C)(C)C)[C@@H](OC(=O)C(C)(C)C)[C@@H]1C. The highest BCUT2D eigenvalue weighted by atomic mass is 79.9. The Balaban J connectivity index is 3.06. The first kappa shape index (κ1) is 21.4. The zero-order valence-electron chi connectivity index (χ0n) is 16.0. The van der Waals surface area contributed by atoms with Crippen LogP contribution in [0.5, 0.6) is 0 Å². The maximum atomic E-state index is 12.4. The Kier molecular flexibility index (Phi) is 6.90. The zero-order valence-corrected chi connectivity index (χ0v) is 17.6. The Hall–Kier alpha value is -0.620. The van der Waals surface area contributed by atoms with Crippen LogP contribution < -0.4 is 0 Å². The van der Waals surface area contributed by atoms with Crippen molar-refractivity contribution in [2.24, 2.45) is 16.7 Å². The monoisotopic (exact) mass is 406 g/mol. The summed E-state index contributed by atoms with van der Waals surface area (Å²) in [6, 6.07) is 0. The number of esters is 2. The van der Waals surface area contributed by atoms with E-state index in [0.717, 1.165) is 6.42 Å². The molecule has 1 heterocycles. The van der Waals surface area contributed by atoms with Gasteiger partial charge in [-0.15, -0.1) is 0 Å². The molecule has 0 saturated carbocycles. The van der Waals surface area contributed by atoms with Crippen molar-refractivity contribution in [2.75, 3.05) is 0 Å². The Bertz CT molecular complexity index is 463. The van der Waals surface area contributed by atoms with Gasteiger partial charge in [-0.05, 0) is 48.0 Å². The van der Waals surface area contributed by atoms with Gasteiger partial charge < -0.3 is 14.2 Å². The average molecular weight is 407 g/mol. The molecule has 1 fully saturated rings. The second-order valence-corrected chi connectivity index (χ2v) is 9.44. The van der Waals surface area contributed by atoms with E-state index in [1.165, 1.54) is 0 Å². The standard InChI is InChI=1S/C18H31BrO5/c1-9-11-10(2)12(23-15(20)17(3,4)5)13(14(19)22-11)24-16(21)18(6,7)8/h10-14H,9H2,1-8H3/t10-,11-,12+,13-,14+/m1/s1. The maximum absolute atomic E-state index is 12.4. The van der Waals surface area contributed by atoms with Gasteiger partial charge in [-0.25, -0.2) is 0 Å². The van der Waals surface area contributed by atoms with Gasteiger partial charge in [-0.3, -0.25) is 9.59 Å². The number of alkyl halides is 1. The van der Waals surface area contributed by atoms with Crippen LogP contribution in [-0.2, 0) is 23.8 Å². The lowest BCUT2D eigenvalue weighted by Crippen LogP contribution is -2.56. The Morgan fingerprint density at radius 3 is 1.75 bits per heavy atom. The Labute approximate surface area is 153 Å². The predicted molar refractivity (Wildman–Crippen MR) is 95.7 cm³/mol. The number of hydrogen-bond acceptors (Lipinski definition) is 5. The second kappa shape index (κ2) is 7.73. The number of halogens is 1. The molecule has 6 heteroatoms. The predicted octanol–water partition coefficient (Wildman–Crippen LogP) is 4.07. The van der Waals surface area contributed by atoms with Crippen molar-refractivity contribution in [1.82, 2.24) is 0 Å². The number of carbonyl (C=O) groups is 2. The van der Waals surface area contributed by atoms with E-state index >= 15 is 0 Å². The zero-order chi connectivity index (χ0) is 18.9. The van der Waals surface area contributed by atoms with Gasteiger partial charge in [0, 0.05) is 5.92 Å². The quantitative estimate of drug-likeness (QED) is 0.522. The first-order chi connectivity index (χ1) is 10.8. The minimum absolute atomic E-state index is 0.0725. The van der Waals surface area contributed by atoms with Crippen LogP contribution in [0, 0.1) is 16.7 Å². The van der Waals surface area contributed by atoms with Gasteiger partial charge in [0.1, 0.15) is 6.10 Å². The minimum Gasteiger partial charge on any atom is -0.457 e. The first-order valence-electron chi connectivity index (χ1n) is 8.50. The number of rotatable bonds is 3. The summed E-state index contributed by atoms with van der Waals surface area (Å²) in [5, 5.41) is -0.511. The van der Waals surface area contributed by atoms with E-state index in [1.54, 1.807) is 41.5 Å². The average Bonchev–Trinajstić information content (AvgIpc) is 2.43. The summed E-state index contributed by atoms with van der Waals surface area (Å²) in [5.41, 5.74) is -1.27. The Morgan fingerprint density at radius 1 is 0.958 bits per heavy atom. The van der Waals surface area contributed by atoms with E-state index in [2.05, 4.69) is 15.9 Å². The summed E-state index contributed by atoms with van der Waals surface area (Å²) < 4.78 is 17.4. The smallest absolute Gasteiger partial charge is 0.311 e. The molecule has 0 aromatic heterocycles. The van der Waals surface area contributed by atoms with E-state index in [1.807, 2.05) is 13.8 Å². The molecule has 0 spiro atoms. The van der Waals surface area contributed by atoms with Crippen molar-refractivity contribution in [2.45, 2.75) is 85.1 Å². The molecule has 1 rings (SSSR count). The van der Waals surface area contributed by atoms with Gasteiger partial charge in [0.15, 0.2) is 11.1 Å². The maximum Gasteiger partial charge on any atom is 0.311 e. The van der Waals surface area contributed by atoms with Crippen LogP contribution in [-0.4, -0.2) is 35.3 Å². The van der Waals surface area contributed by atoms with Crippen LogP contribution in [0.15, 0.2) is 0 Å². The molecule has 5 atom stereocenters. The molecular weight excluding hydrogens is 376 g/mol. The fraction of sp³-hybridized carbons (Fsp3) is 0.889. The van der Waals surface area contributed by atoms with Gasteiger partial charge in [0.25, 0.3) is 0 Å². The highest BCUT2D eigenvalue weighted by Gasteiger charge is 2.48. The molecule has 1 aliphatic heterocycles. The third-order valence-electron chi connectivity index (χ3n) is 4.10. The molecule has 0 aromatic carbocycles. The Morgan fingerprint density at radius 2 is 1.38 bits per heavy atom. The molecule has 140 valence electrons. The molecule has 24 heavy (non-hydrogen) atoms. The van der Waals surface area contributed by atoms with Crippen LogP contribution in [0.3, 0.4) is 0 Å². The van der Waals surface area contributed by atoms with Crippen molar-refractivity contribution < 1.29 is 23.8 Å². The van der Waals surface area contributed by atoms with Crippen molar-refractivity contribution >= 4 is 27.9 Å². The molecule has 0 bridgehead atoms. The summed E-state index contributed by atoms with van der Waals surface area (Å²) >= 11 is 3.45. The van der Waals surface area contributed by atoms with Crippen molar-refractivity contribution in [3.8, 4) is 0 Å². The van der Waals surface area contributed by atoms with Crippen molar-refractivity contribution in [1.29, 1.82) is 0 Å². The molecule has 0 aromatic rings. The minimum atomic E-state index is -0.680. The summed E-state index contributed by atoms with van der Waals surface area (Å²) in [5.74, 6) is -0.736. The lowest BCUT2D eigenvalue weighted by Gasteiger charge is -2.43. The summed E-state index contributed by atoms with van der Waals surface area (Å²) in [6.07, 6.45) is -0.518. The molecule has 0 radical (unpaired) electrons. The van der Waals surface area contributed by atoms with Crippen LogP contribution in [0.2, 0.25) is 0 Å². The lowest BCUT2D eigenvalue weighted by atomic mass is 9.88.